The Morgan fingerprint density at radius 1 is 1.39 bits per heavy atom. The van der Waals surface area contributed by atoms with Gasteiger partial charge in [-0.25, -0.2) is 0 Å². The molecule has 5 heteroatoms. The molecule has 2 rings (SSSR count). The molecule has 1 fully saturated rings. The van der Waals surface area contributed by atoms with Crippen LogP contribution in [0.1, 0.15) is 24.2 Å². The van der Waals surface area contributed by atoms with E-state index in [4.69, 9.17) is 4.74 Å². The molecule has 0 aromatic heterocycles. The molecule has 1 amide bonds. The van der Waals surface area contributed by atoms with Gasteiger partial charge in [-0.15, -0.1) is 0 Å². The molecule has 1 aliphatic heterocycles. The maximum atomic E-state index is 12.4. The van der Waals surface area contributed by atoms with Crippen LogP contribution in [-0.4, -0.2) is 41.2 Å². The van der Waals surface area contributed by atoms with Crippen molar-refractivity contribution in [3.8, 4) is 5.75 Å². The van der Waals surface area contributed by atoms with Gasteiger partial charge < -0.3 is 14.7 Å². The molecule has 1 aromatic carbocycles. The van der Waals surface area contributed by atoms with E-state index in [1.54, 1.807) is 17.0 Å². The van der Waals surface area contributed by atoms with Crippen LogP contribution in [0.15, 0.2) is 22.7 Å². The second kappa shape index (κ2) is 5.28. The van der Waals surface area contributed by atoms with E-state index in [0.717, 1.165) is 4.47 Å². The van der Waals surface area contributed by atoms with Crippen molar-refractivity contribution >= 4 is 21.8 Å². The Labute approximate surface area is 115 Å². The van der Waals surface area contributed by atoms with E-state index >= 15 is 0 Å². The quantitative estimate of drug-likeness (QED) is 0.866. The number of hydrogen-bond acceptors (Lipinski definition) is 3. The van der Waals surface area contributed by atoms with Gasteiger partial charge in [0.1, 0.15) is 5.75 Å². The normalized spacial score (nSPS) is 24.1. The summed E-state index contributed by atoms with van der Waals surface area (Å²) in [6.07, 6.45) is 0.0407. The standard InChI is InChI=1S/C13H16BrNO3/c1-8-6-15(7-9(2)18-8)13(17)11-5-10(14)3-4-12(11)16/h3-5,8-9,16H,6-7H2,1-2H3/t8-,9-/m0/s1. The van der Waals surface area contributed by atoms with Crippen molar-refractivity contribution in [3.05, 3.63) is 28.2 Å². The molecule has 1 N–H and O–H groups in total. The van der Waals surface area contributed by atoms with Gasteiger partial charge in [-0.3, -0.25) is 4.79 Å². The van der Waals surface area contributed by atoms with Crippen molar-refractivity contribution in [2.75, 3.05) is 13.1 Å². The Bertz CT molecular complexity index is 454. The predicted octanol–water partition coefficient (Wildman–Crippen LogP) is 2.40. The van der Waals surface area contributed by atoms with E-state index in [-0.39, 0.29) is 23.9 Å². The second-order valence-electron chi connectivity index (χ2n) is 4.63. The largest absolute Gasteiger partial charge is 0.507 e. The Morgan fingerprint density at radius 2 is 2.00 bits per heavy atom. The summed E-state index contributed by atoms with van der Waals surface area (Å²) in [6.45, 7) is 4.98. The smallest absolute Gasteiger partial charge is 0.257 e. The molecule has 0 saturated carbocycles. The van der Waals surface area contributed by atoms with Crippen LogP contribution < -0.4 is 0 Å². The highest BCUT2D eigenvalue weighted by Gasteiger charge is 2.27. The molecular formula is C13H16BrNO3. The van der Waals surface area contributed by atoms with Crippen LogP contribution in [0.3, 0.4) is 0 Å². The highest BCUT2D eigenvalue weighted by atomic mass is 79.9. The van der Waals surface area contributed by atoms with Crippen molar-refractivity contribution < 1.29 is 14.6 Å². The molecule has 0 aliphatic carbocycles. The Balaban J connectivity index is 2.22. The van der Waals surface area contributed by atoms with E-state index in [2.05, 4.69) is 15.9 Å². The van der Waals surface area contributed by atoms with Crippen molar-refractivity contribution in [1.82, 2.24) is 4.90 Å². The minimum Gasteiger partial charge on any atom is -0.507 e. The van der Waals surface area contributed by atoms with Crippen LogP contribution in [-0.2, 0) is 4.74 Å². The lowest BCUT2D eigenvalue weighted by Crippen LogP contribution is -2.48. The number of morpholine rings is 1. The molecule has 1 saturated heterocycles. The number of halogens is 1. The minimum atomic E-state index is -0.157. The summed E-state index contributed by atoms with van der Waals surface area (Å²) in [4.78, 5) is 14.1. The van der Waals surface area contributed by atoms with E-state index in [1.807, 2.05) is 13.8 Å². The third-order valence-corrected chi connectivity index (χ3v) is 3.39. The summed E-state index contributed by atoms with van der Waals surface area (Å²) < 4.78 is 6.37. The van der Waals surface area contributed by atoms with Crippen LogP contribution >= 0.6 is 15.9 Å². The monoisotopic (exact) mass is 313 g/mol. The number of carbonyl (C=O) groups excluding carboxylic acids is 1. The van der Waals surface area contributed by atoms with Crippen LogP contribution in [0.5, 0.6) is 5.75 Å². The number of ether oxygens (including phenoxy) is 1. The first-order valence-corrected chi connectivity index (χ1v) is 6.70. The molecular weight excluding hydrogens is 298 g/mol. The third kappa shape index (κ3) is 2.84. The van der Waals surface area contributed by atoms with Crippen molar-refractivity contribution in [1.29, 1.82) is 0 Å². The van der Waals surface area contributed by atoms with Gasteiger partial charge in [0.15, 0.2) is 0 Å². The molecule has 18 heavy (non-hydrogen) atoms. The number of amides is 1. The van der Waals surface area contributed by atoms with Crippen molar-refractivity contribution in [3.63, 3.8) is 0 Å². The lowest BCUT2D eigenvalue weighted by molar-refractivity contribution is -0.0586. The molecule has 1 heterocycles. The molecule has 0 bridgehead atoms. The van der Waals surface area contributed by atoms with E-state index in [1.165, 1.54) is 6.07 Å². The van der Waals surface area contributed by atoms with Gasteiger partial charge in [0.05, 0.1) is 17.8 Å². The van der Waals surface area contributed by atoms with Crippen molar-refractivity contribution in [2.45, 2.75) is 26.1 Å². The fourth-order valence-corrected chi connectivity index (χ4v) is 2.55. The zero-order valence-corrected chi connectivity index (χ0v) is 12.0. The minimum absolute atomic E-state index is 0.00926. The zero-order chi connectivity index (χ0) is 13.3. The Hall–Kier alpha value is -1.07. The summed E-state index contributed by atoms with van der Waals surface area (Å²) in [5.74, 6) is -0.147. The lowest BCUT2D eigenvalue weighted by atomic mass is 10.1. The fraction of sp³-hybridized carbons (Fsp3) is 0.462. The maximum absolute atomic E-state index is 12.4. The zero-order valence-electron chi connectivity index (χ0n) is 10.4. The first kappa shape index (κ1) is 13.4. The number of phenols is 1. The molecule has 0 radical (unpaired) electrons. The van der Waals surface area contributed by atoms with Gasteiger partial charge in [-0.2, -0.15) is 0 Å². The summed E-state index contributed by atoms with van der Waals surface area (Å²) in [7, 11) is 0. The van der Waals surface area contributed by atoms with Gasteiger partial charge in [0.25, 0.3) is 5.91 Å². The number of aromatic hydroxyl groups is 1. The first-order valence-electron chi connectivity index (χ1n) is 5.90. The van der Waals surface area contributed by atoms with Gasteiger partial charge >= 0.3 is 0 Å². The topological polar surface area (TPSA) is 49.8 Å². The van der Waals surface area contributed by atoms with E-state index in [9.17, 15) is 9.90 Å². The summed E-state index contributed by atoms with van der Waals surface area (Å²) in [5.41, 5.74) is 0.325. The average molecular weight is 314 g/mol. The predicted molar refractivity (Wildman–Crippen MR) is 71.7 cm³/mol. The molecule has 0 unspecified atom stereocenters. The maximum Gasteiger partial charge on any atom is 0.257 e. The average Bonchev–Trinajstić information content (AvgIpc) is 2.30. The van der Waals surface area contributed by atoms with Crippen LogP contribution in [0.25, 0.3) is 0 Å². The van der Waals surface area contributed by atoms with Gasteiger partial charge in [-0.05, 0) is 32.0 Å². The summed E-state index contributed by atoms with van der Waals surface area (Å²) in [5, 5.41) is 9.77. The van der Waals surface area contributed by atoms with Crippen LogP contribution in [0.4, 0.5) is 0 Å². The Kier molecular flexibility index (Phi) is 3.92. The van der Waals surface area contributed by atoms with Gasteiger partial charge in [0, 0.05) is 17.6 Å². The number of phenolic OH excluding ortho intramolecular Hbond substituents is 1. The van der Waals surface area contributed by atoms with E-state index in [0.29, 0.717) is 18.7 Å². The van der Waals surface area contributed by atoms with Crippen LogP contribution in [0.2, 0.25) is 0 Å². The summed E-state index contributed by atoms with van der Waals surface area (Å²) in [6, 6.07) is 4.86. The highest BCUT2D eigenvalue weighted by molar-refractivity contribution is 9.10. The number of benzene rings is 1. The van der Waals surface area contributed by atoms with Gasteiger partial charge in [-0.1, -0.05) is 15.9 Å². The lowest BCUT2D eigenvalue weighted by Gasteiger charge is -2.35. The first-order chi connectivity index (χ1) is 8.47. The highest BCUT2D eigenvalue weighted by Crippen LogP contribution is 2.24. The third-order valence-electron chi connectivity index (χ3n) is 2.90. The second-order valence-corrected chi connectivity index (χ2v) is 5.54. The fourth-order valence-electron chi connectivity index (χ4n) is 2.19. The molecule has 0 spiro atoms. The molecule has 2 atom stereocenters. The number of carbonyl (C=O) groups is 1. The molecule has 98 valence electrons. The molecule has 1 aromatic rings. The van der Waals surface area contributed by atoms with Crippen molar-refractivity contribution in [2.24, 2.45) is 0 Å². The summed E-state index contributed by atoms with van der Waals surface area (Å²) >= 11 is 3.31. The molecule has 4 nitrogen and oxygen atoms in total. The number of rotatable bonds is 1. The molecule has 1 aliphatic rings. The van der Waals surface area contributed by atoms with Crippen LogP contribution in [0, 0.1) is 0 Å². The van der Waals surface area contributed by atoms with Gasteiger partial charge in [0.2, 0.25) is 0 Å². The number of hydrogen-bond donors (Lipinski definition) is 1. The SMILES string of the molecule is C[C@H]1CN(C(=O)c2cc(Br)ccc2O)C[C@H](C)O1. The Morgan fingerprint density at radius 3 is 2.61 bits per heavy atom. The number of nitrogens with zero attached hydrogens (tertiary/aromatic N) is 1. The van der Waals surface area contributed by atoms with E-state index < -0.39 is 0 Å².